The molecule has 0 N–H and O–H groups in total. The lowest BCUT2D eigenvalue weighted by Crippen LogP contribution is -2.27. The van der Waals surface area contributed by atoms with Crippen molar-refractivity contribution in [2.24, 2.45) is 0 Å². The number of nitrogens with zero attached hydrogens (tertiary/aromatic N) is 1. The number of rotatable bonds is 7. The van der Waals surface area contributed by atoms with Crippen LogP contribution in [0.3, 0.4) is 0 Å². The van der Waals surface area contributed by atoms with Crippen LogP contribution in [0.1, 0.15) is 11.1 Å². The second-order valence-electron chi connectivity index (χ2n) is 6.15. The van der Waals surface area contributed by atoms with Gasteiger partial charge in [-0.25, -0.2) is 4.79 Å². The number of halogens is 1. The normalized spacial score (nSPS) is 14.9. The highest BCUT2D eigenvalue weighted by Crippen LogP contribution is 2.37. The molecule has 1 fully saturated rings. The molecule has 0 unspecified atom stereocenters. The fourth-order valence-electron chi connectivity index (χ4n) is 2.71. The van der Waals surface area contributed by atoms with Gasteiger partial charge in [-0.2, -0.15) is 0 Å². The standard InChI is InChI=1S/C21H18INO5S2/c1-26-16-9-14(8-15(22)19(16)28-12-18(24)27-2)10-17-20(25)23(21(29)30-17)11-13-6-4-3-5-7-13/h3-10H,11-12H2,1-2H3/b17-10+. The number of amides is 1. The molecule has 0 radical (unpaired) electrons. The van der Waals surface area contributed by atoms with Gasteiger partial charge in [-0.05, 0) is 51.9 Å². The van der Waals surface area contributed by atoms with Crippen molar-refractivity contribution in [3.8, 4) is 11.5 Å². The Balaban J connectivity index is 1.82. The number of hydrogen-bond donors (Lipinski definition) is 0. The summed E-state index contributed by atoms with van der Waals surface area (Å²) < 4.78 is 16.8. The van der Waals surface area contributed by atoms with E-state index in [2.05, 4.69) is 27.3 Å². The van der Waals surface area contributed by atoms with Crippen LogP contribution in [0.2, 0.25) is 0 Å². The molecule has 1 amide bonds. The van der Waals surface area contributed by atoms with Crippen molar-refractivity contribution in [2.75, 3.05) is 20.8 Å². The summed E-state index contributed by atoms with van der Waals surface area (Å²) in [7, 11) is 2.81. The molecule has 9 heteroatoms. The number of hydrogen-bond acceptors (Lipinski definition) is 7. The van der Waals surface area contributed by atoms with E-state index in [4.69, 9.17) is 21.7 Å². The predicted octanol–water partition coefficient (Wildman–Crippen LogP) is 4.25. The molecule has 0 spiro atoms. The second-order valence-corrected chi connectivity index (χ2v) is 8.99. The van der Waals surface area contributed by atoms with Gasteiger partial charge < -0.3 is 14.2 Å². The molecule has 0 aromatic heterocycles. The summed E-state index contributed by atoms with van der Waals surface area (Å²) in [4.78, 5) is 26.4. The van der Waals surface area contributed by atoms with E-state index >= 15 is 0 Å². The third-order valence-electron chi connectivity index (χ3n) is 4.17. The number of carbonyl (C=O) groups is 2. The minimum Gasteiger partial charge on any atom is -0.493 e. The third-order valence-corrected chi connectivity index (χ3v) is 6.35. The van der Waals surface area contributed by atoms with Crippen LogP contribution >= 0.6 is 46.6 Å². The van der Waals surface area contributed by atoms with Crippen molar-refractivity contribution in [1.29, 1.82) is 0 Å². The van der Waals surface area contributed by atoms with Crippen LogP contribution in [-0.4, -0.2) is 41.9 Å². The molecule has 156 valence electrons. The summed E-state index contributed by atoms with van der Waals surface area (Å²) in [6.45, 7) is 0.213. The first kappa shape index (κ1) is 22.6. The molecule has 2 aromatic rings. The molecule has 0 atom stereocenters. The SMILES string of the molecule is COC(=O)COc1c(I)cc(/C=C2/SC(=S)N(Cc3ccccc3)C2=O)cc1OC. The first-order valence-electron chi connectivity index (χ1n) is 8.79. The molecule has 3 rings (SSSR count). The van der Waals surface area contributed by atoms with Crippen LogP contribution in [0.25, 0.3) is 6.08 Å². The van der Waals surface area contributed by atoms with E-state index in [0.29, 0.717) is 27.3 Å². The average Bonchev–Trinajstić information content (AvgIpc) is 3.00. The first-order valence-corrected chi connectivity index (χ1v) is 11.1. The Hall–Kier alpha value is -2.11. The summed E-state index contributed by atoms with van der Waals surface area (Å²) in [6, 6.07) is 13.3. The van der Waals surface area contributed by atoms with Crippen LogP contribution < -0.4 is 9.47 Å². The topological polar surface area (TPSA) is 65.1 Å². The Morgan fingerprint density at radius 3 is 2.63 bits per heavy atom. The number of thioether (sulfide) groups is 1. The molecule has 1 aliphatic heterocycles. The molecule has 0 aliphatic carbocycles. The summed E-state index contributed by atoms with van der Waals surface area (Å²) >= 11 is 8.78. The highest BCUT2D eigenvalue weighted by atomic mass is 127. The van der Waals surface area contributed by atoms with Crippen molar-refractivity contribution in [1.82, 2.24) is 4.90 Å². The minimum absolute atomic E-state index is 0.131. The smallest absolute Gasteiger partial charge is 0.343 e. The van der Waals surface area contributed by atoms with E-state index in [-0.39, 0.29) is 12.5 Å². The van der Waals surface area contributed by atoms with Gasteiger partial charge in [0.15, 0.2) is 18.1 Å². The van der Waals surface area contributed by atoms with Crippen molar-refractivity contribution in [3.63, 3.8) is 0 Å². The number of thiocarbonyl (C=S) groups is 1. The van der Waals surface area contributed by atoms with Gasteiger partial charge >= 0.3 is 5.97 Å². The quantitative estimate of drug-likeness (QED) is 0.219. The molecular weight excluding hydrogens is 537 g/mol. The summed E-state index contributed by atoms with van der Waals surface area (Å²) in [5, 5.41) is 0. The molecule has 1 aliphatic rings. The van der Waals surface area contributed by atoms with Gasteiger partial charge in [0.2, 0.25) is 0 Å². The Labute approximate surface area is 197 Å². The largest absolute Gasteiger partial charge is 0.493 e. The zero-order valence-electron chi connectivity index (χ0n) is 16.2. The van der Waals surface area contributed by atoms with E-state index in [0.717, 1.165) is 14.7 Å². The maximum Gasteiger partial charge on any atom is 0.343 e. The predicted molar refractivity (Wildman–Crippen MR) is 128 cm³/mol. The molecule has 1 saturated heterocycles. The number of benzene rings is 2. The van der Waals surface area contributed by atoms with Crippen LogP contribution in [0.5, 0.6) is 11.5 Å². The van der Waals surface area contributed by atoms with E-state index < -0.39 is 5.97 Å². The van der Waals surface area contributed by atoms with E-state index in [1.807, 2.05) is 36.4 Å². The van der Waals surface area contributed by atoms with Crippen molar-refractivity contribution >= 4 is 68.8 Å². The third kappa shape index (κ3) is 5.32. The molecule has 1 heterocycles. The van der Waals surface area contributed by atoms with Gasteiger partial charge in [0.1, 0.15) is 4.32 Å². The molecule has 6 nitrogen and oxygen atoms in total. The maximum atomic E-state index is 12.9. The molecule has 30 heavy (non-hydrogen) atoms. The Morgan fingerprint density at radius 2 is 1.97 bits per heavy atom. The average molecular weight is 555 g/mol. The monoisotopic (exact) mass is 555 g/mol. The highest BCUT2D eigenvalue weighted by molar-refractivity contribution is 14.1. The zero-order chi connectivity index (χ0) is 21.7. The van der Waals surface area contributed by atoms with Gasteiger partial charge in [0, 0.05) is 0 Å². The number of esters is 1. The Morgan fingerprint density at radius 1 is 1.23 bits per heavy atom. The highest BCUT2D eigenvalue weighted by Gasteiger charge is 2.32. The number of methoxy groups -OCH3 is 2. The summed E-state index contributed by atoms with van der Waals surface area (Å²) in [6.07, 6.45) is 1.78. The van der Waals surface area contributed by atoms with Crippen LogP contribution in [-0.2, 0) is 20.9 Å². The fraction of sp³-hybridized carbons (Fsp3) is 0.190. The minimum atomic E-state index is -0.487. The van der Waals surface area contributed by atoms with Crippen LogP contribution in [0, 0.1) is 3.57 Å². The van der Waals surface area contributed by atoms with Gasteiger partial charge in [0.25, 0.3) is 5.91 Å². The van der Waals surface area contributed by atoms with Gasteiger partial charge in [-0.1, -0.05) is 54.3 Å². The summed E-state index contributed by atoms with van der Waals surface area (Å²) in [5.41, 5.74) is 1.78. The van der Waals surface area contributed by atoms with Crippen molar-refractivity contribution in [3.05, 3.63) is 62.1 Å². The lowest BCUT2D eigenvalue weighted by atomic mass is 10.1. The van der Waals surface area contributed by atoms with E-state index in [1.54, 1.807) is 17.0 Å². The summed E-state index contributed by atoms with van der Waals surface area (Å²) in [5.74, 6) is 0.280. The fourth-order valence-corrected chi connectivity index (χ4v) is 4.74. The van der Waals surface area contributed by atoms with E-state index in [1.165, 1.54) is 26.0 Å². The number of carbonyl (C=O) groups excluding carboxylic acids is 2. The Bertz CT molecular complexity index is 1010. The number of ether oxygens (including phenoxy) is 3. The van der Waals surface area contributed by atoms with Crippen LogP contribution in [0.4, 0.5) is 0 Å². The van der Waals surface area contributed by atoms with E-state index in [9.17, 15) is 9.59 Å². The lowest BCUT2D eigenvalue weighted by molar-refractivity contribution is -0.143. The van der Waals surface area contributed by atoms with Crippen LogP contribution in [0.15, 0.2) is 47.4 Å². The Kier molecular flexibility index (Phi) is 7.73. The second kappa shape index (κ2) is 10.3. The first-order chi connectivity index (χ1) is 14.4. The van der Waals surface area contributed by atoms with Gasteiger partial charge in [0.05, 0.1) is 29.2 Å². The molecular formula is C21H18INO5S2. The van der Waals surface area contributed by atoms with Gasteiger partial charge in [-0.3, -0.25) is 9.69 Å². The molecule has 2 aromatic carbocycles. The van der Waals surface area contributed by atoms with Crippen molar-refractivity contribution in [2.45, 2.75) is 6.54 Å². The molecule has 0 bridgehead atoms. The molecule has 0 saturated carbocycles. The lowest BCUT2D eigenvalue weighted by Gasteiger charge is -2.14. The van der Waals surface area contributed by atoms with Crippen molar-refractivity contribution < 1.29 is 23.8 Å². The maximum absolute atomic E-state index is 12.9. The zero-order valence-corrected chi connectivity index (χ0v) is 20.0. The van der Waals surface area contributed by atoms with Gasteiger partial charge in [-0.15, -0.1) is 0 Å².